The minimum Gasteiger partial charge on any atom is -0.507 e. The molecule has 1 unspecified atom stereocenters. The summed E-state index contributed by atoms with van der Waals surface area (Å²) in [6.45, 7) is 3.70. The standard InChI is InChI=1S/C24H20BrNO4S/c1-13-11-18(30-3)14(2)10-17(13)22(27)20-21(19-8-5-9-31-19)26(24(29)23(20)28)16-7-4-6-15(25)12-16/h4-12,21,27H,1-3H3/b22-20-. The van der Waals surface area contributed by atoms with Crippen LogP contribution >= 0.6 is 27.3 Å². The van der Waals surface area contributed by atoms with E-state index in [4.69, 9.17) is 4.74 Å². The molecule has 1 aliphatic rings. The quantitative estimate of drug-likeness (QED) is 0.282. The van der Waals surface area contributed by atoms with Crippen LogP contribution in [0.5, 0.6) is 5.75 Å². The molecule has 1 N–H and O–H groups in total. The maximum absolute atomic E-state index is 13.2. The van der Waals surface area contributed by atoms with Crippen LogP contribution in [0.1, 0.15) is 27.6 Å². The highest BCUT2D eigenvalue weighted by Crippen LogP contribution is 2.44. The van der Waals surface area contributed by atoms with Crippen LogP contribution in [-0.2, 0) is 9.59 Å². The monoisotopic (exact) mass is 497 g/mol. The third-order valence-corrected chi connectivity index (χ3v) is 6.76. The summed E-state index contributed by atoms with van der Waals surface area (Å²) in [6.07, 6.45) is 0. The fourth-order valence-electron chi connectivity index (χ4n) is 3.85. The van der Waals surface area contributed by atoms with Gasteiger partial charge < -0.3 is 9.84 Å². The summed E-state index contributed by atoms with van der Waals surface area (Å²) in [5.41, 5.74) is 2.74. The zero-order valence-electron chi connectivity index (χ0n) is 17.2. The molecule has 4 rings (SSSR count). The third-order valence-electron chi connectivity index (χ3n) is 5.34. The first-order valence-electron chi connectivity index (χ1n) is 9.59. The number of aliphatic hydroxyl groups excluding tert-OH is 1. The lowest BCUT2D eigenvalue weighted by molar-refractivity contribution is -0.132. The Morgan fingerprint density at radius 3 is 2.52 bits per heavy atom. The Labute approximate surface area is 192 Å². The largest absolute Gasteiger partial charge is 0.507 e. The number of aryl methyl sites for hydroxylation is 2. The van der Waals surface area contributed by atoms with Crippen molar-refractivity contribution in [1.29, 1.82) is 0 Å². The molecule has 31 heavy (non-hydrogen) atoms. The molecule has 1 aromatic heterocycles. The number of Topliss-reactive ketones (excluding diaryl/α,β-unsaturated/α-hetero) is 1. The van der Waals surface area contributed by atoms with Gasteiger partial charge >= 0.3 is 0 Å². The molecule has 1 saturated heterocycles. The lowest BCUT2D eigenvalue weighted by Crippen LogP contribution is -2.29. The van der Waals surface area contributed by atoms with Gasteiger partial charge in [-0.2, -0.15) is 0 Å². The van der Waals surface area contributed by atoms with E-state index in [1.165, 1.54) is 16.2 Å². The van der Waals surface area contributed by atoms with Crippen molar-refractivity contribution in [3.05, 3.63) is 85.5 Å². The van der Waals surface area contributed by atoms with Crippen molar-refractivity contribution < 1.29 is 19.4 Å². The fraction of sp³-hybridized carbons (Fsp3) is 0.167. The van der Waals surface area contributed by atoms with E-state index in [2.05, 4.69) is 15.9 Å². The number of halogens is 1. The normalized spacial score (nSPS) is 17.9. The van der Waals surface area contributed by atoms with Gasteiger partial charge in [-0.1, -0.05) is 28.1 Å². The molecule has 0 radical (unpaired) electrons. The molecule has 7 heteroatoms. The van der Waals surface area contributed by atoms with E-state index in [0.29, 0.717) is 17.0 Å². The molecule has 1 aliphatic heterocycles. The zero-order chi connectivity index (χ0) is 22.3. The van der Waals surface area contributed by atoms with E-state index in [-0.39, 0.29) is 11.3 Å². The molecule has 3 aromatic rings. The summed E-state index contributed by atoms with van der Waals surface area (Å²) in [6, 6.07) is 13.8. The first kappa shape index (κ1) is 21.3. The summed E-state index contributed by atoms with van der Waals surface area (Å²) in [5.74, 6) is -0.861. The van der Waals surface area contributed by atoms with Crippen LogP contribution in [-0.4, -0.2) is 23.9 Å². The molecule has 0 aliphatic carbocycles. The van der Waals surface area contributed by atoms with Gasteiger partial charge in [-0.3, -0.25) is 14.5 Å². The number of hydrogen-bond acceptors (Lipinski definition) is 5. The van der Waals surface area contributed by atoms with Crippen molar-refractivity contribution in [2.24, 2.45) is 0 Å². The molecule has 1 atom stereocenters. The van der Waals surface area contributed by atoms with Crippen LogP contribution in [0, 0.1) is 13.8 Å². The average molecular weight is 498 g/mol. The van der Waals surface area contributed by atoms with Gasteiger partial charge in [0.2, 0.25) is 0 Å². The third kappa shape index (κ3) is 3.68. The molecule has 2 aromatic carbocycles. The molecule has 0 bridgehead atoms. The second-order valence-corrected chi connectivity index (χ2v) is 9.20. The van der Waals surface area contributed by atoms with Gasteiger partial charge in [0.15, 0.2) is 0 Å². The predicted molar refractivity (Wildman–Crippen MR) is 126 cm³/mol. The molecule has 0 spiro atoms. The van der Waals surface area contributed by atoms with Crippen molar-refractivity contribution in [1.82, 2.24) is 0 Å². The summed E-state index contributed by atoms with van der Waals surface area (Å²) in [4.78, 5) is 28.5. The fourth-order valence-corrected chi connectivity index (χ4v) is 5.06. The van der Waals surface area contributed by atoms with Crippen molar-refractivity contribution in [2.45, 2.75) is 19.9 Å². The smallest absolute Gasteiger partial charge is 0.300 e. The average Bonchev–Trinajstić information content (AvgIpc) is 3.36. The molecule has 5 nitrogen and oxygen atoms in total. The second kappa shape index (κ2) is 8.32. The number of thiophene rings is 1. The van der Waals surface area contributed by atoms with E-state index in [0.717, 1.165) is 20.5 Å². The summed E-state index contributed by atoms with van der Waals surface area (Å²) >= 11 is 4.86. The number of benzene rings is 2. The molecule has 1 fully saturated rings. The Kier molecular flexibility index (Phi) is 5.73. The maximum atomic E-state index is 13.2. The van der Waals surface area contributed by atoms with Crippen LogP contribution in [0.2, 0.25) is 0 Å². The van der Waals surface area contributed by atoms with Gasteiger partial charge in [-0.05, 0) is 66.8 Å². The predicted octanol–water partition coefficient (Wildman–Crippen LogP) is 5.76. The van der Waals surface area contributed by atoms with E-state index < -0.39 is 17.7 Å². The lowest BCUT2D eigenvalue weighted by Gasteiger charge is -2.24. The van der Waals surface area contributed by atoms with Crippen LogP contribution in [0.25, 0.3) is 5.76 Å². The molecule has 0 saturated carbocycles. The lowest BCUT2D eigenvalue weighted by atomic mass is 9.96. The number of carbonyl (C=O) groups is 2. The number of hydrogen-bond donors (Lipinski definition) is 1. The Bertz CT molecular complexity index is 1220. The zero-order valence-corrected chi connectivity index (χ0v) is 19.6. The Balaban J connectivity index is 1.95. The number of carbonyl (C=O) groups excluding carboxylic acids is 2. The van der Waals surface area contributed by atoms with Crippen LogP contribution < -0.4 is 9.64 Å². The van der Waals surface area contributed by atoms with Gasteiger partial charge in [0.05, 0.1) is 12.7 Å². The minimum absolute atomic E-state index is 0.0834. The SMILES string of the molecule is COc1cc(C)c(/C(O)=C2/C(=O)C(=O)N(c3cccc(Br)c3)C2c2cccs2)cc1C. The summed E-state index contributed by atoms with van der Waals surface area (Å²) in [5, 5.41) is 13.2. The number of ether oxygens (including phenoxy) is 1. The van der Waals surface area contributed by atoms with Gasteiger partial charge in [0, 0.05) is 20.6 Å². The number of aliphatic hydroxyl groups is 1. The van der Waals surface area contributed by atoms with E-state index in [9.17, 15) is 14.7 Å². The topological polar surface area (TPSA) is 66.8 Å². The maximum Gasteiger partial charge on any atom is 0.300 e. The van der Waals surface area contributed by atoms with Crippen molar-refractivity contribution in [3.63, 3.8) is 0 Å². The number of ketones is 1. The highest BCUT2D eigenvalue weighted by molar-refractivity contribution is 9.10. The van der Waals surface area contributed by atoms with Gasteiger partial charge in [0.25, 0.3) is 11.7 Å². The van der Waals surface area contributed by atoms with Gasteiger partial charge in [-0.25, -0.2) is 0 Å². The van der Waals surface area contributed by atoms with Crippen LogP contribution in [0.4, 0.5) is 5.69 Å². The molecule has 2 heterocycles. The van der Waals surface area contributed by atoms with E-state index in [1.54, 1.807) is 31.4 Å². The molecular formula is C24H20BrNO4S. The van der Waals surface area contributed by atoms with Crippen molar-refractivity contribution in [3.8, 4) is 5.75 Å². The first-order valence-corrected chi connectivity index (χ1v) is 11.3. The second-order valence-electron chi connectivity index (χ2n) is 7.30. The van der Waals surface area contributed by atoms with Crippen LogP contribution in [0.15, 0.2) is 64.0 Å². The molecule has 158 valence electrons. The Morgan fingerprint density at radius 2 is 1.87 bits per heavy atom. The number of rotatable bonds is 4. The van der Waals surface area contributed by atoms with E-state index in [1.807, 2.05) is 43.5 Å². The molecule has 1 amide bonds. The minimum atomic E-state index is -0.712. The van der Waals surface area contributed by atoms with E-state index >= 15 is 0 Å². The highest BCUT2D eigenvalue weighted by atomic mass is 79.9. The Hall–Kier alpha value is -2.90. The van der Waals surface area contributed by atoms with Gasteiger partial charge in [-0.15, -0.1) is 11.3 Å². The van der Waals surface area contributed by atoms with Crippen molar-refractivity contribution >= 4 is 50.4 Å². The number of methoxy groups -OCH3 is 1. The van der Waals surface area contributed by atoms with Crippen molar-refractivity contribution in [2.75, 3.05) is 12.0 Å². The first-order chi connectivity index (χ1) is 14.8. The Morgan fingerprint density at radius 1 is 1.10 bits per heavy atom. The number of amides is 1. The van der Waals surface area contributed by atoms with Crippen LogP contribution in [0.3, 0.4) is 0 Å². The highest BCUT2D eigenvalue weighted by Gasteiger charge is 2.47. The number of nitrogens with zero attached hydrogens (tertiary/aromatic N) is 1. The summed E-state index contributed by atoms with van der Waals surface area (Å²) < 4.78 is 6.15. The van der Waals surface area contributed by atoms with Gasteiger partial charge in [0.1, 0.15) is 17.6 Å². The molecular weight excluding hydrogens is 478 g/mol. The summed E-state index contributed by atoms with van der Waals surface area (Å²) in [7, 11) is 1.58. The number of anilines is 1.